The Balaban J connectivity index is 1.34. The molecule has 1 aliphatic heterocycles. The molecule has 7 nitrogen and oxygen atoms in total. The highest BCUT2D eigenvalue weighted by molar-refractivity contribution is 7.89. The fourth-order valence-corrected chi connectivity index (χ4v) is 5.23. The van der Waals surface area contributed by atoms with Crippen molar-refractivity contribution >= 4 is 43.2 Å². The quantitative estimate of drug-likeness (QED) is 0.648. The summed E-state index contributed by atoms with van der Waals surface area (Å²) in [5, 5.41) is 3.90. The minimum absolute atomic E-state index is 0.0856. The minimum Gasteiger partial charge on any atom is -0.379 e. The van der Waals surface area contributed by atoms with Crippen molar-refractivity contribution < 1.29 is 17.9 Å². The van der Waals surface area contributed by atoms with E-state index in [4.69, 9.17) is 4.74 Å². The molecular weight excluding hydrogens is 410 g/mol. The Bertz CT molecular complexity index is 1100. The smallest absolute Gasteiger partial charge is 0.243 e. The first-order valence-corrected chi connectivity index (χ1v) is 11.5. The SMILES string of the molecule is O=C(CCc1ccc(S(=O)(=O)N2CCOCC2)cc1)Nc1ccc2sncc2c1. The number of fused-ring (bicyclic) bond motifs is 1. The number of nitrogens with one attached hydrogen (secondary N) is 1. The third kappa shape index (κ3) is 4.64. The van der Waals surface area contributed by atoms with Gasteiger partial charge in [0.25, 0.3) is 0 Å². The first-order valence-electron chi connectivity index (χ1n) is 9.33. The molecule has 3 aromatic rings. The van der Waals surface area contributed by atoms with E-state index < -0.39 is 10.0 Å². The maximum atomic E-state index is 12.6. The fourth-order valence-electron chi connectivity index (χ4n) is 3.20. The molecule has 0 bridgehead atoms. The van der Waals surface area contributed by atoms with E-state index in [1.165, 1.54) is 15.8 Å². The summed E-state index contributed by atoms with van der Waals surface area (Å²) in [4.78, 5) is 12.5. The van der Waals surface area contributed by atoms with Crippen molar-refractivity contribution in [2.45, 2.75) is 17.7 Å². The summed E-state index contributed by atoms with van der Waals surface area (Å²) in [6.45, 7) is 1.58. The number of benzene rings is 2. The van der Waals surface area contributed by atoms with Gasteiger partial charge in [-0.05, 0) is 53.8 Å². The third-order valence-electron chi connectivity index (χ3n) is 4.81. The van der Waals surface area contributed by atoms with E-state index in [2.05, 4.69) is 9.69 Å². The largest absolute Gasteiger partial charge is 0.379 e. The molecule has 2 aromatic carbocycles. The van der Waals surface area contributed by atoms with Crippen molar-refractivity contribution in [1.82, 2.24) is 8.68 Å². The van der Waals surface area contributed by atoms with Crippen LogP contribution in [0.5, 0.6) is 0 Å². The summed E-state index contributed by atoms with van der Waals surface area (Å²) in [5.74, 6) is -0.0856. The molecule has 0 aliphatic carbocycles. The number of morpholine rings is 1. The first-order chi connectivity index (χ1) is 14.0. The molecule has 0 atom stereocenters. The molecule has 4 rings (SSSR count). The van der Waals surface area contributed by atoms with Crippen molar-refractivity contribution in [2.75, 3.05) is 31.6 Å². The van der Waals surface area contributed by atoms with Crippen molar-refractivity contribution in [3.05, 3.63) is 54.2 Å². The van der Waals surface area contributed by atoms with Crippen LogP contribution >= 0.6 is 11.5 Å². The molecular formula is C20H21N3O4S2. The van der Waals surface area contributed by atoms with Crippen molar-refractivity contribution in [1.29, 1.82) is 0 Å². The molecule has 1 fully saturated rings. The summed E-state index contributed by atoms with van der Waals surface area (Å²) >= 11 is 1.42. The molecule has 0 unspecified atom stereocenters. The van der Waals surface area contributed by atoms with Gasteiger partial charge >= 0.3 is 0 Å². The standard InChI is InChI=1S/C20H21N3O4S2/c24-20(22-17-4-7-19-16(13-17)14-21-28-19)8-3-15-1-5-18(6-2-15)29(25,26)23-9-11-27-12-10-23/h1-2,4-7,13-14H,3,8-12H2,(H,22,24). The van der Waals surface area contributed by atoms with Crippen LogP contribution in [0.2, 0.25) is 0 Å². The molecule has 1 saturated heterocycles. The van der Waals surface area contributed by atoms with Gasteiger partial charge < -0.3 is 10.1 Å². The number of sulfonamides is 1. The number of aromatic nitrogens is 1. The zero-order valence-electron chi connectivity index (χ0n) is 15.7. The Labute approximate surface area is 173 Å². The van der Waals surface area contributed by atoms with Crippen LogP contribution in [-0.4, -0.2) is 49.3 Å². The van der Waals surface area contributed by atoms with Gasteiger partial charge in [-0.25, -0.2) is 8.42 Å². The minimum atomic E-state index is -3.49. The summed E-state index contributed by atoms with van der Waals surface area (Å²) < 4.78 is 37.2. The Morgan fingerprint density at radius 1 is 1.14 bits per heavy atom. The number of aryl methyl sites for hydroxylation is 1. The van der Waals surface area contributed by atoms with E-state index >= 15 is 0 Å². The van der Waals surface area contributed by atoms with E-state index in [1.54, 1.807) is 30.5 Å². The Morgan fingerprint density at radius 3 is 2.66 bits per heavy atom. The highest BCUT2D eigenvalue weighted by Crippen LogP contribution is 2.22. The monoisotopic (exact) mass is 431 g/mol. The summed E-state index contributed by atoms with van der Waals surface area (Å²) in [7, 11) is -3.49. The van der Waals surface area contributed by atoms with Crippen molar-refractivity contribution in [3.63, 3.8) is 0 Å². The van der Waals surface area contributed by atoms with Crippen LogP contribution in [0, 0.1) is 0 Å². The van der Waals surface area contributed by atoms with Gasteiger partial charge in [0.15, 0.2) is 0 Å². The van der Waals surface area contributed by atoms with E-state index in [0.717, 1.165) is 21.3 Å². The van der Waals surface area contributed by atoms with Crippen LogP contribution in [-0.2, 0) is 26.0 Å². The lowest BCUT2D eigenvalue weighted by atomic mass is 10.1. The molecule has 2 heterocycles. The number of nitrogens with zero attached hydrogens (tertiary/aromatic N) is 2. The average molecular weight is 432 g/mol. The zero-order chi connectivity index (χ0) is 20.3. The number of carbonyl (C=O) groups is 1. The molecule has 1 aliphatic rings. The lowest BCUT2D eigenvalue weighted by molar-refractivity contribution is -0.116. The molecule has 1 aromatic heterocycles. The molecule has 1 N–H and O–H groups in total. The normalized spacial score (nSPS) is 15.4. The molecule has 0 saturated carbocycles. The van der Waals surface area contributed by atoms with E-state index in [0.29, 0.717) is 39.1 Å². The van der Waals surface area contributed by atoms with E-state index in [1.807, 2.05) is 18.2 Å². The lowest BCUT2D eigenvalue weighted by Crippen LogP contribution is -2.40. The van der Waals surface area contributed by atoms with Crippen LogP contribution < -0.4 is 5.32 Å². The number of ether oxygens (including phenoxy) is 1. The molecule has 0 radical (unpaired) electrons. The van der Waals surface area contributed by atoms with E-state index in [-0.39, 0.29) is 10.8 Å². The van der Waals surface area contributed by atoms with Crippen molar-refractivity contribution in [3.8, 4) is 0 Å². The second kappa shape index (κ2) is 8.58. The molecule has 29 heavy (non-hydrogen) atoms. The van der Waals surface area contributed by atoms with Gasteiger partial charge in [-0.1, -0.05) is 12.1 Å². The third-order valence-corrected chi connectivity index (χ3v) is 7.50. The Morgan fingerprint density at radius 2 is 1.90 bits per heavy atom. The van der Waals surface area contributed by atoms with Gasteiger partial charge in [-0.3, -0.25) is 4.79 Å². The average Bonchev–Trinajstić information content (AvgIpc) is 3.21. The fraction of sp³-hybridized carbons (Fsp3) is 0.300. The number of amides is 1. The van der Waals surface area contributed by atoms with Gasteiger partial charge in [0.2, 0.25) is 15.9 Å². The molecule has 9 heteroatoms. The number of anilines is 1. The van der Waals surface area contributed by atoms with E-state index in [9.17, 15) is 13.2 Å². The Hall–Kier alpha value is -2.33. The molecule has 0 spiro atoms. The highest BCUT2D eigenvalue weighted by Gasteiger charge is 2.26. The summed E-state index contributed by atoms with van der Waals surface area (Å²) in [5.41, 5.74) is 1.66. The number of hydrogen-bond acceptors (Lipinski definition) is 6. The second-order valence-electron chi connectivity index (χ2n) is 6.79. The van der Waals surface area contributed by atoms with Crippen LogP contribution in [0.15, 0.2) is 53.6 Å². The number of rotatable bonds is 6. The maximum absolute atomic E-state index is 12.6. The summed E-state index contributed by atoms with van der Waals surface area (Å²) in [6, 6.07) is 12.5. The van der Waals surface area contributed by atoms with Gasteiger partial charge in [0, 0.05) is 36.8 Å². The van der Waals surface area contributed by atoms with Crippen LogP contribution in [0.1, 0.15) is 12.0 Å². The zero-order valence-corrected chi connectivity index (χ0v) is 17.3. The first kappa shape index (κ1) is 20.0. The highest BCUT2D eigenvalue weighted by atomic mass is 32.2. The lowest BCUT2D eigenvalue weighted by Gasteiger charge is -2.26. The molecule has 152 valence electrons. The van der Waals surface area contributed by atoms with Gasteiger partial charge in [0.05, 0.1) is 22.8 Å². The number of carbonyl (C=O) groups excluding carboxylic acids is 1. The van der Waals surface area contributed by atoms with Gasteiger partial charge in [-0.2, -0.15) is 8.68 Å². The predicted molar refractivity (Wildman–Crippen MR) is 113 cm³/mol. The topological polar surface area (TPSA) is 88.6 Å². The maximum Gasteiger partial charge on any atom is 0.243 e. The molecule has 1 amide bonds. The van der Waals surface area contributed by atoms with Gasteiger partial charge in [0.1, 0.15) is 0 Å². The van der Waals surface area contributed by atoms with Crippen molar-refractivity contribution in [2.24, 2.45) is 0 Å². The second-order valence-corrected chi connectivity index (χ2v) is 9.56. The van der Waals surface area contributed by atoms with Crippen LogP contribution in [0.25, 0.3) is 10.1 Å². The Kier molecular flexibility index (Phi) is 5.91. The van der Waals surface area contributed by atoms with Gasteiger partial charge in [-0.15, -0.1) is 0 Å². The summed E-state index contributed by atoms with van der Waals surface area (Å²) in [6.07, 6.45) is 2.63. The van der Waals surface area contributed by atoms with Crippen LogP contribution in [0.3, 0.4) is 0 Å². The van der Waals surface area contributed by atoms with Crippen LogP contribution in [0.4, 0.5) is 5.69 Å². The predicted octanol–water partition coefficient (Wildman–Crippen LogP) is 2.89. The number of hydrogen-bond donors (Lipinski definition) is 1.